The van der Waals surface area contributed by atoms with E-state index in [-0.39, 0.29) is 20.5 Å². The number of hydrogen-bond acceptors (Lipinski definition) is 3. The zero-order chi connectivity index (χ0) is 12.3. The fraction of sp³-hybridized carbons (Fsp3) is 0. The van der Waals surface area contributed by atoms with E-state index in [0.717, 1.165) is 0 Å². The Bertz CT molecular complexity index is 497. The van der Waals surface area contributed by atoms with Gasteiger partial charge in [-0.25, -0.2) is 0 Å². The molecule has 1 rings (SSSR count). The fourth-order valence-electron chi connectivity index (χ4n) is 0.835. The van der Waals surface area contributed by atoms with Crippen LogP contribution >= 0.6 is 34.8 Å². The van der Waals surface area contributed by atoms with Gasteiger partial charge in [0.05, 0.1) is 5.02 Å². The normalized spacial score (nSPS) is 9.19. The minimum absolute atomic E-state index is 0.0134. The number of hydrogen-bond donors (Lipinski definition) is 0. The van der Waals surface area contributed by atoms with Crippen molar-refractivity contribution in [1.29, 1.82) is 0 Å². The first kappa shape index (κ1) is 12.5. The fourth-order valence-corrected chi connectivity index (χ4v) is 1.44. The molecule has 1 aromatic rings. The number of nitrogens with zero attached hydrogens (tertiary/aromatic N) is 7. The van der Waals surface area contributed by atoms with Crippen molar-refractivity contribution in [1.82, 2.24) is 0 Å². The van der Waals surface area contributed by atoms with Crippen molar-refractivity contribution in [3.63, 3.8) is 0 Å². The number of halogens is 3. The van der Waals surface area contributed by atoms with Gasteiger partial charge in [0.15, 0.2) is 0 Å². The van der Waals surface area contributed by atoms with Crippen molar-refractivity contribution in [3.8, 4) is 0 Å². The van der Waals surface area contributed by atoms with Crippen molar-refractivity contribution in [2.45, 2.75) is 0 Å². The number of rotatable bonds is 2. The topological polar surface area (TPSA) is 124 Å². The van der Waals surface area contributed by atoms with Crippen molar-refractivity contribution in [3.05, 3.63) is 41.3 Å². The minimum Gasteiger partial charge on any atom is -0.712 e. The standard InChI is InChI=1S/C5Cl3N7O/c6-1-2(7)4(8)15(16)5(12-14-10)3(1)11-13-9. The van der Waals surface area contributed by atoms with Gasteiger partial charge >= 0.3 is 0 Å². The average Bonchev–Trinajstić information content (AvgIpc) is 2.28. The second-order valence-corrected chi connectivity index (χ2v) is 3.38. The lowest BCUT2D eigenvalue weighted by atomic mass is 10.4. The zero-order valence-corrected chi connectivity index (χ0v) is 9.44. The second-order valence-electron chi connectivity index (χ2n) is 2.26. The van der Waals surface area contributed by atoms with Crippen LogP contribution in [-0.4, -0.2) is 0 Å². The highest BCUT2D eigenvalue weighted by Gasteiger charge is 2.19. The summed E-state index contributed by atoms with van der Waals surface area (Å²) in [5.74, 6) is -0.570. The van der Waals surface area contributed by atoms with Crippen LogP contribution in [0.3, 0.4) is 0 Å². The maximum absolute atomic E-state index is 11.4. The summed E-state index contributed by atoms with van der Waals surface area (Å²) in [6, 6.07) is 0. The van der Waals surface area contributed by atoms with E-state index >= 15 is 0 Å². The minimum atomic E-state index is -0.570. The van der Waals surface area contributed by atoms with Gasteiger partial charge in [0.25, 0.3) is 0 Å². The van der Waals surface area contributed by atoms with E-state index in [4.69, 9.17) is 45.9 Å². The molecular weight excluding hydrogens is 280 g/mol. The molecule has 0 atom stereocenters. The lowest BCUT2D eigenvalue weighted by Crippen LogP contribution is -2.28. The van der Waals surface area contributed by atoms with E-state index in [1.54, 1.807) is 0 Å². The Morgan fingerprint density at radius 1 is 1.06 bits per heavy atom. The van der Waals surface area contributed by atoms with E-state index < -0.39 is 11.0 Å². The first-order valence-electron chi connectivity index (χ1n) is 3.44. The molecule has 0 N–H and O–H groups in total. The van der Waals surface area contributed by atoms with E-state index in [1.807, 2.05) is 0 Å². The Hall–Kier alpha value is -1.56. The molecule has 0 aliphatic rings. The summed E-state index contributed by atoms with van der Waals surface area (Å²) in [5.41, 5.74) is 16.1. The molecule has 11 heteroatoms. The lowest BCUT2D eigenvalue weighted by Gasteiger charge is -2.13. The van der Waals surface area contributed by atoms with Gasteiger partial charge in [-0.05, 0) is 27.8 Å². The highest BCUT2D eigenvalue weighted by atomic mass is 35.5. The molecule has 0 saturated carbocycles. The summed E-state index contributed by atoms with van der Waals surface area (Å²) in [6.45, 7) is 0. The average molecular weight is 280 g/mol. The first-order chi connectivity index (χ1) is 7.54. The van der Waals surface area contributed by atoms with Crippen molar-refractivity contribution in [2.24, 2.45) is 10.2 Å². The van der Waals surface area contributed by atoms with Gasteiger partial charge in [-0.1, -0.05) is 28.3 Å². The summed E-state index contributed by atoms with van der Waals surface area (Å²) >= 11 is 16.8. The summed E-state index contributed by atoms with van der Waals surface area (Å²) in [4.78, 5) is 4.81. The molecular formula is C5Cl3N7O. The molecule has 0 unspecified atom stereocenters. The molecule has 0 aliphatic heterocycles. The Morgan fingerprint density at radius 2 is 1.62 bits per heavy atom. The predicted octanol–water partition coefficient (Wildman–Crippen LogP) is 4.16. The first-order valence-corrected chi connectivity index (χ1v) is 4.58. The molecule has 0 spiro atoms. The molecule has 0 saturated heterocycles. The van der Waals surface area contributed by atoms with Crippen LogP contribution in [0.25, 0.3) is 20.9 Å². The molecule has 1 aromatic heterocycles. The van der Waals surface area contributed by atoms with E-state index in [1.165, 1.54) is 0 Å². The third-order valence-electron chi connectivity index (χ3n) is 1.45. The van der Waals surface area contributed by atoms with Crippen molar-refractivity contribution < 1.29 is 4.73 Å². The Labute approximate surface area is 103 Å². The predicted molar refractivity (Wildman–Crippen MR) is 58.0 cm³/mol. The van der Waals surface area contributed by atoms with E-state index in [9.17, 15) is 5.21 Å². The van der Waals surface area contributed by atoms with Gasteiger partial charge < -0.3 is 5.21 Å². The van der Waals surface area contributed by atoms with E-state index in [2.05, 4.69) is 20.1 Å². The number of pyridine rings is 1. The molecule has 16 heavy (non-hydrogen) atoms. The largest absolute Gasteiger partial charge is 0.712 e. The van der Waals surface area contributed by atoms with Crippen molar-refractivity contribution in [2.75, 3.05) is 0 Å². The van der Waals surface area contributed by atoms with E-state index in [0.29, 0.717) is 0 Å². The monoisotopic (exact) mass is 279 g/mol. The summed E-state index contributed by atoms with van der Waals surface area (Å²) in [5, 5.41) is 16.5. The molecule has 0 bridgehead atoms. The van der Waals surface area contributed by atoms with Crippen LogP contribution in [-0.2, 0) is 0 Å². The van der Waals surface area contributed by atoms with Gasteiger partial charge in [-0.2, -0.15) is 0 Å². The summed E-state index contributed by atoms with van der Waals surface area (Å²) in [6.07, 6.45) is 0. The Morgan fingerprint density at radius 3 is 2.12 bits per heavy atom. The van der Waals surface area contributed by atoms with Crippen molar-refractivity contribution >= 4 is 46.3 Å². The number of azide groups is 2. The van der Waals surface area contributed by atoms with Crippen LogP contribution in [0.15, 0.2) is 10.2 Å². The highest BCUT2D eigenvalue weighted by Crippen LogP contribution is 2.40. The van der Waals surface area contributed by atoms with Crippen LogP contribution < -0.4 is 4.73 Å². The zero-order valence-electron chi connectivity index (χ0n) is 7.17. The van der Waals surface area contributed by atoms with Crippen LogP contribution in [0.5, 0.6) is 0 Å². The molecule has 1 heterocycles. The van der Waals surface area contributed by atoms with Gasteiger partial charge in [0, 0.05) is 9.82 Å². The smallest absolute Gasteiger partial charge is 0.215 e. The molecule has 82 valence electrons. The molecule has 0 radical (unpaired) electrons. The quantitative estimate of drug-likeness (QED) is 0.198. The Kier molecular flexibility index (Phi) is 3.89. The third kappa shape index (κ3) is 2.01. The van der Waals surface area contributed by atoms with Gasteiger partial charge in [-0.15, -0.1) is 0 Å². The summed E-state index contributed by atoms with van der Waals surface area (Å²) in [7, 11) is 0. The number of aromatic nitrogens is 1. The maximum Gasteiger partial charge on any atom is 0.215 e. The van der Waals surface area contributed by atoms with Gasteiger partial charge in [-0.3, -0.25) is 4.73 Å². The molecule has 8 nitrogen and oxygen atoms in total. The molecule has 0 aromatic carbocycles. The van der Waals surface area contributed by atoms with Gasteiger partial charge in [0.2, 0.25) is 11.0 Å². The van der Waals surface area contributed by atoms with Gasteiger partial charge in [0.1, 0.15) is 10.7 Å². The SMILES string of the molecule is [N-]=[N+]=Nc1c(Cl)c(Cl)c(Cl)[n+]([O-])c1N=[N+]=[N-]. The van der Waals surface area contributed by atoms with Crippen LogP contribution in [0.1, 0.15) is 0 Å². The second kappa shape index (κ2) is 4.98. The summed E-state index contributed by atoms with van der Waals surface area (Å²) < 4.78 is 0.0134. The molecule has 0 amide bonds. The van der Waals surface area contributed by atoms with Crippen LogP contribution in [0, 0.1) is 5.21 Å². The maximum atomic E-state index is 11.4. The third-order valence-corrected chi connectivity index (χ3v) is 2.72. The van der Waals surface area contributed by atoms with Crippen LogP contribution in [0.2, 0.25) is 15.2 Å². The van der Waals surface area contributed by atoms with Crippen LogP contribution in [0.4, 0.5) is 11.5 Å². The highest BCUT2D eigenvalue weighted by molar-refractivity contribution is 6.48. The Balaban J connectivity index is 3.81. The lowest BCUT2D eigenvalue weighted by molar-refractivity contribution is -0.588. The molecule has 0 fully saturated rings. The molecule has 0 aliphatic carbocycles.